The van der Waals surface area contributed by atoms with Gasteiger partial charge in [-0.1, -0.05) is 24.3 Å². The first kappa shape index (κ1) is 19.3. The number of carbonyl (C=O) groups excluding carboxylic acids is 1. The van der Waals surface area contributed by atoms with Crippen LogP contribution >= 0.6 is 11.3 Å². The Morgan fingerprint density at radius 2 is 2.04 bits per heavy atom. The van der Waals surface area contributed by atoms with E-state index in [0.29, 0.717) is 18.0 Å². The first-order chi connectivity index (χ1) is 13.0. The van der Waals surface area contributed by atoms with Crippen LogP contribution in [0.2, 0.25) is 0 Å². The number of ether oxygens (including phenoxy) is 1. The zero-order valence-electron chi connectivity index (χ0n) is 16.0. The number of benzene rings is 1. The van der Waals surface area contributed by atoms with Crippen LogP contribution in [0.1, 0.15) is 45.9 Å². The number of thiazole rings is 1. The van der Waals surface area contributed by atoms with Crippen LogP contribution in [0.15, 0.2) is 36.5 Å². The van der Waals surface area contributed by atoms with E-state index in [0.717, 1.165) is 27.5 Å². The molecule has 0 radical (unpaired) electrons. The molecule has 1 N–H and O–H groups in total. The largest absolute Gasteiger partial charge is 0.372 e. The molecule has 0 saturated heterocycles. The van der Waals surface area contributed by atoms with Gasteiger partial charge in [-0.3, -0.25) is 9.48 Å². The lowest BCUT2D eigenvalue weighted by Gasteiger charge is -2.07. The molecule has 3 rings (SSSR count). The van der Waals surface area contributed by atoms with Gasteiger partial charge in [-0.15, -0.1) is 11.3 Å². The fraction of sp³-hybridized carbons (Fsp3) is 0.350. The van der Waals surface area contributed by atoms with Crippen molar-refractivity contribution in [1.82, 2.24) is 20.1 Å². The Morgan fingerprint density at radius 3 is 2.67 bits per heavy atom. The van der Waals surface area contributed by atoms with Crippen molar-refractivity contribution in [2.24, 2.45) is 7.05 Å². The third-order valence-electron chi connectivity index (χ3n) is 4.31. The number of nitrogens with zero attached hydrogens (tertiary/aromatic N) is 3. The Kier molecular flexibility index (Phi) is 6.03. The minimum absolute atomic E-state index is 0.0974. The van der Waals surface area contributed by atoms with E-state index in [-0.39, 0.29) is 12.0 Å². The maximum absolute atomic E-state index is 12.5. The number of aromatic nitrogens is 3. The molecule has 142 valence electrons. The molecule has 1 amide bonds. The van der Waals surface area contributed by atoms with Crippen LogP contribution in [-0.2, 0) is 18.3 Å². The summed E-state index contributed by atoms with van der Waals surface area (Å²) in [4.78, 5) is 17.7. The summed E-state index contributed by atoms with van der Waals surface area (Å²) in [7, 11) is 1.92. The molecule has 0 fully saturated rings. The third-order valence-corrected chi connectivity index (χ3v) is 5.62. The van der Waals surface area contributed by atoms with Gasteiger partial charge in [-0.05, 0) is 38.0 Å². The molecule has 0 aliphatic carbocycles. The van der Waals surface area contributed by atoms with Crippen LogP contribution in [-0.4, -0.2) is 27.3 Å². The van der Waals surface area contributed by atoms with Crippen molar-refractivity contribution in [3.63, 3.8) is 0 Å². The minimum Gasteiger partial charge on any atom is -0.372 e. The molecule has 2 heterocycles. The normalized spacial score (nSPS) is 12.1. The van der Waals surface area contributed by atoms with E-state index >= 15 is 0 Å². The van der Waals surface area contributed by atoms with Gasteiger partial charge in [0.05, 0.1) is 11.4 Å². The second-order valence-corrected chi connectivity index (χ2v) is 7.31. The number of rotatable bonds is 7. The molecule has 0 aliphatic heterocycles. The summed E-state index contributed by atoms with van der Waals surface area (Å²) >= 11 is 1.40. The number of hydrogen-bond donors (Lipinski definition) is 1. The second-order valence-electron chi connectivity index (χ2n) is 6.28. The molecule has 0 saturated carbocycles. The Balaban J connectivity index is 1.63. The molecule has 7 heteroatoms. The monoisotopic (exact) mass is 384 g/mol. The molecule has 3 aromatic rings. The molecule has 1 unspecified atom stereocenters. The van der Waals surface area contributed by atoms with E-state index in [1.807, 2.05) is 62.8 Å². The Labute approximate surface area is 163 Å². The summed E-state index contributed by atoms with van der Waals surface area (Å²) in [5.74, 6) is -0.101. The van der Waals surface area contributed by atoms with Crippen molar-refractivity contribution in [1.29, 1.82) is 0 Å². The average molecular weight is 385 g/mol. The topological polar surface area (TPSA) is 69.0 Å². The summed E-state index contributed by atoms with van der Waals surface area (Å²) in [5, 5.41) is 8.00. The standard InChI is InChI=1S/C20H24N4O2S/c1-5-26-14(3)20-23-13(2)18(27-20)19(25)21-12-15-6-8-16(9-7-15)17-10-11-22-24(17)4/h6-11,14H,5,12H2,1-4H3,(H,21,25). The molecule has 27 heavy (non-hydrogen) atoms. The summed E-state index contributed by atoms with van der Waals surface area (Å²) in [6.07, 6.45) is 1.68. The highest BCUT2D eigenvalue weighted by molar-refractivity contribution is 7.13. The molecule has 0 bridgehead atoms. The van der Waals surface area contributed by atoms with Crippen molar-refractivity contribution in [2.75, 3.05) is 6.61 Å². The molecule has 1 atom stereocenters. The first-order valence-corrected chi connectivity index (χ1v) is 9.75. The highest BCUT2D eigenvalue weighted by Gasteiger charge is 2.18. The van der Waals surface area contributed by atoms with Crippen molar-refractivity contribution >= 4 is 17.2 Å². The van der Waals surface area contributed by atoms with Crippen molar-refractivity contribution in [3.05, 3.63) is 57.7 Å². The van der Waals surface area contributed by atoms with Crippen LogP contribution < -0.4 is 5.32 Å². The van der Waals surface area contributed by atoms with Crippen LogP contribution in [0.5, 0.6) is 0 Å². The van der Waals surface area contributed by atoms with E-state index < -0.39 is 0 Å². The van der Waals surface area contributed by atoms with E-state index in [1.54, 1.807) is 6.20 Å². The molecule has 1 aromatic carbocycles. The first-order valence-electron chi connectivity index (χ1n) is 8.94. The lowest BCUT2D eigenvalue weighted by molar-refractivity contribution is 0.0761. The van der Waals surface area contributed by atoms with Gasteiger partial charge in [0.1, 0.15) is 16.0 Å². The molecule has 0 aliphatic rings. The quantitative estimate of drug-likeness (QED) is 0.671. The fourth-order valence-electron chi connectivity index (χ4n) is 2.84. The zero-order valence-corrected chi connectivity index (χ0v) is 16.8. The second kappa shape index (κ2) is 8.45. The lowest BCUT2D eigenvalue weighted by Crippen LogP contribution is -2.22. The molecule has 0 spiro atoms. The van der Waals surface area contributed by atoms with Gasteiger partial charge in [-0.2, -0.15) is 5.10 Å². The smallest absolute Gasteiger partial charge is 0.263 e. The van der Waals surface area contributed by atoms with E-state index in [4.69, 9.17) is 4.74 Å². The van der Waals surface area contributed by atoms with Crippen LogP contribution in [0.3, 0.4) is 0 Å². The van der Waals surface area contributed by atoms with Gasteiger partial charge < -0.3 is 10.1 Å². The fourth-order valence-corrected chi connectivity index (χ4v) is 3.82. The van der Waals surface area contributed by atoms with E-state index in [9.17, 15) is 4.79 Å². The van der Waals surface area contributed by atoms with Gasteiger partial charge in [0.2, 0.25) is 0 Å². The maximum Gasteiger partial charge on any atom is 0.263 e. The van der Waals surface area contributed by atoms with Crippen molar-refractivity contribution < 1.29 is 9.53 Å². The van der Waals surface area contributed by atoms with E-state index in [2.05, 4.69) is 15.4 Å². The number of carbonyl (C=O) groups is 1. The predicted molar refractivity (Wildman–Crippen MR) is 107 cm³/mol. The Bertz CT molecular complexity index is 914. The van der Waals surface area contributed by atoms with Gasteiger partial charge >= 0.3 is 0 Å². The number of amides is 1. The predicted octanol–water partition coefficient (Wildman–Crippen LogP) is 3.88. The Hall–Kier alpha value is -2.51. The SMILES string of the molecule is CCOC(C)c1nc(C)c(C(=O)NCc2ccc(-c3ccnn3C)cc2)s1. The van der Waals surface area contributed by atoms with Crippen LogP contribution in [0.4, 0.5) is 0 Å². The molecular weight excluding hydrogens is 360 g/mol. The Morgan fingerprint density at radius 1 is 1.30 bits per heavy atom. The molecular formula is C20H24N4O2S. The summed E-state index contributed by atoms with van der Waals surface area (Å²) in [6.45, 7) is 6.85. The summed E-state index contributed by atoms with van der Waals surface area (Å²) < 4.78 is 7.40. The number of hydrogen-bond acceptors (Lipinski definition) is 5. The lowest BCUT2D eigenvalue weighted by atomic mass is 10.1. The summed E-state index contributed by atoms with van der Waals surface area (Å²) in [5.41, 5.74) is 3.93. The average Bonchev–Trinajstić information content (AvgIpc) is 3.26. The van der Waals surface area contributed by atoms with Crippen LogP contribution in [0, 0.1) is 6.92 Å². The molecule has 2 aromatic heterocycles. The molecule has 6 nitrogen and oxygen atoms in total. The number of aryl methyl sites for hydroxylation is 2. The van der Waals surface area contributed by atoms with E-state index in [1.165, 1.54) is 11.3 Å². The van der Waals surface area contributed by atoms with Gasteiger partial charge in [0, 0.05) is 26.4 Å². The highest BCUT2D eigenvalue weighted by Crippen LogP contribution is 2.26. The van der Waals surface area contributed by atoms with Crippen molar-refractivity contribution in [2.45, 2.75) is 33.4 Å². The number of nitrogens with one attached hydrogen (secondary N) is 1. The maximum atomic E-state index is 12.5. The summed E-state index contributed by atoms with van der Waals surface area (Å²) in [6, 6.07) is 10.1. The third kappa shape index (κ3) is 4.43. The highest BCUT2D eigenvalue weighted by atomic mass is 32.1. The van der Waals surface area contributed by atoms with Gasteiger partial charge in [0.15, 0.2) is 0 Å². The van der Waals surface area contributed by atoms with Gasteiger partial charge in [0.25, 0.3) is 5.91 Å². The van der Waals surface area contributed by atoms with Gasteiger partial charge in [-0.25, -0.2) is 4.98 Å². The zero-order chi connectivity index (χ0) is 19.4. The van der Waals surface area contributed by atoms with Crippen molar-refractivity contribution in [3.8, 4) is 11.3 Å². The minimum atomic E-state index is -0.101. The van der Waals surface area contributed by atoms with Crippen LogP contribution in [0.25, 0.3) is 11.3 Å².